The van der Waals surface area contributed by atoms with E-state index in [0.29, 0.717) is 19.1 Å². The van der Waals surface area contributed by atoms with Crippen LogP contribution < -0.4 is 4.74 Å². The van der Waals surface area contributed by atoms with Crippen molar-refractivity contribution in [3.63, 3.8) is 0 Å². The molecule has 3 atom stereocenters. The Kier molecular flexibility index (Phi) is 6.03. The predicted molar refractivity (Wildman–Crippen MR) is 83.6 cm³/mol. The van der Waals surface area contributed by atoms with Crippen molar-refractivity contribution in [3.8, 4) is 5.75 Å². The first-order valence-electron chi connectivity index (χ1n) is 7.80. The van der Waals surface area contributed by atoms with Crippen LogP contribution in [0.25, 0.3) is 0 Å². The maximum absolute atomic E-state index is 10.4. The molecule has 4 nitrogen and oxygen atoms in total. The second-order valence-electron chi connectivity index (χ2n) is 5.82. The highest BCUT2D eigenvalue weighted by Crippen LogP contribution is 2.23. The smallest absolute Gasteiger partial charge is 0.119 e. The number of β-amino-alcohol motifs (C(OH)–C–C–N with tert-alkyl or cyclic N) is 1. The van der Waals surface area contributed by atoms with Crippen molar-refractivity contribution in [1.82, 2.24) is 4.90 Å². The van der Waals surface area contributed by atoms with Crippen molar-refractivity contribution in [2.45, 2.75) is 32.5 Å². The molecule has 1 aromatic carbocycles. The first-order chi connectivity index (χ1) is 10.1. The molecule has 3 unspecified atom stereocenters. The topological polar surface area (TPSA) is 41.9 Å². The molecule has 0 amide bonds. The molecule has 0 spiro atoms. The summed E-state index contributed by atoms with van der Waals surface area (Å²) in [6.45, 7) is 7.43. The predicted octanol–water partition coefficient (Wildman–Crippen LogP) is 2.48. The minimum absolute atomic E-state index is 0.270. The molecule has 1 saturated heterocycles. The van der Waals surface area contributed by atoms with Crippen LogP contribution in [0.2, 0.25) is 0 Å². The summed E-state index contributed by atoms with van der Waals surface area (Å²) in [5, 5.41) is 10.4. The largest absolute Gasteiger partial charge is 0.494 e. The molecule has 4 heteroatoms. The fraction of sp³-hybridized carbons (Fsp3) is 0.647. The molecule has 0 radical (unpaired) electrons. The van der Waals surface area contributed by atoms with E-state index < -0.39 is 6.10 Å². The Labute approximate surface area is 127 Å². The fourth-order valence-electron chi connectivity index (χ4n) is 2.87. The number of piperidine rings is 1. The summed E-state index contributed by atoms with van der Waals surface area (Å²) >= 11 is 0. The van der Waals surface area contributed by atoms with Gasteiger partial charge in [-0.05, 0) is 43.5 Å². The maximum atomic E-state index is 10.4. The highest BCUT2D eigenvalue weighted by atomic mass is 16.5. The van der Waals surface area contributed by atoms with E-state index in [4.69, 9.17) is 9.47 Å². The van der Waals surface area contributed by atoms with Crippen LogP contribution in [-0.4, -0.2) is 49.5 Å². The third-order valence-corrected chi connectivity index (χ3v) is 4.28. The van der Waals surface area contributed by atoms with Crippen molar-refractivity contribution >= 4 is 0 Å². The van der Waals surface area contributed by atoms with Gasteiger partial charge in [-0.1, -0.05) is 19.1 Å². The molecular weight excluding hydrogens is 266 g/mol. The average Bonchev–Trinajstić information content (AvgIpc) is 2.50. The fourth-order valence-corrected chi connectivity index (χ4v) is 2.87. The molecule has 1 N–H and O–H groups in total. The van der Waals surface area contributed by atoms with Gasteiger partial charge in [-0.25, -0.2) is 0 Å². The third kappa shape index (κ3) is 4.43. The molecular formula is C17H27NO3. The van der Waals surface area contributed by atoms with Crippen molar-refractivity contribution in [2.24, 2.45) is 5.92 Å². The molecule has 118 valence electrons. The van der Waals surface area contributed by atoms with Gasteiger partial charge in [0.15, 0.2) is 0 Å². The van der Waals surface area contributed by atoms with Crippen LogP contribution >= 0.6 is 0 Å². The Bertz CT molecular complexity index is 421. The highest BCUT2D eigenvalue weighted by Gasteiger charge is 2.27. The summed E-state index contributed by atoms with van der Waals surface area (Å²) in [6.07, 6.45) is 0.923. The van der Waals surface area contributed by atoms with Crippen molar-refractivity contribution < 1.29 is 14.6 Å². The Balaban J connectivity index is 1.90. The quantitative estimate of drug-likeness (QED) is 0.875. The molecule has 2 rings (SSSR count). The van der Waals surface area contributed by atoms with Crippen molar-refractivity contribution in [3.05, 3.63) is 29.8 Å². The van der Waals surface area contributed by atoms with E-state index in [1.54, 1.807) is 7.11 Å². The Morgan fingerprint density at radius 2 is 2.05 bits per heavy atom. The van der Waals surface area contributed by atoms with E-state index in [1.807, 2.05) is 31.2 Å². The van der Waals surface area contributed by atoms with Gasteiger partial charge in [0, 0.05) is 20.2 Å². The lowest BCUT2D eigenvalue weighted by Gasteiger charge is -2.37. The molecule has 1 fully saturated rings. The van der Waals surface area contributed by atoms with Crippen LogP contribution in [0.5, 0.6) is 5.75 Å². The summed E-state index contributed by atoms with van der Waals surface area (Å²) in [7, 11) is 1.77. The molecule has 1 aliphatic rings. The van der Waals surface area contributed by atoms with Crippen molar-refractivity contribution in [2.75, 3.05) is 33.4 Å². The average molecular weight is 293 g/mol. The number of aliphatic hydroxyl groups excluding tert-OH is 1. The number of rotatable bonds is 6. The molecule has 0 aliphatic carbocycles. The normalized spacial score (nSPS) is 24.8. The number of likely N-dealkylation sites (tertiary alicyclic amines) is 1. The minimum Gasteiger partial charge on any atom is -0.494 e. The number of hydrogen-bond acceptors (Lipinski definition) is 4. The SMILES string of the molecule is CCOc1ccc(C(O)CN2CCC(C)C(OC)C2)cc1. The lowest BCUT2D eigenvalue weighted by molar-refractivity contribution is -0.0180. The Morgan fingerprint density at radius 1 is 1.33 bits per heavy atom. The summed E-state index contributed by atoms with van der Waals surface area (Å²) in [5.41, 5.74) is 0.936. The lowest BCUT2D eigenvalue weighted by atomic mass is 9.95. The number of benzene rings is 1. The van der Waals surface area contributed by atoms with Gasteiger partial charge in [-0.2, -0.15) is 0 Å². The first-order valence-corrected chi connectivity index (χ1v) is 7.80. The number of methoxy groups -OCH3 is 1. The van der Waals surface area contributed by atoms with E-state index in [1.165, 1.54) is 0 Å². The number of hydrogen-bond donors (Lipinski definition) is 1. The summed E-state index contributed by atoms with van der Waals surface area (Å²) < 4.78 is 10.9. The maximum Gasteiger partial charge on any atom is 0.119 e. The molecule has 21 heavy (non-hydrogen) atoms. The van der Waals surface area contributed by atoms with E-state index in [2.05, 4.69) is 11.8 Å². The number of nitrogens with zero attached hydrogens (tertiary/aromatic N) is 1. The summed E-state index contributed by atoms with van der Waals surface area (Å²) in [6, 6.07) is 7.71. The second kappa shape index (κ2) is 7.78. The van der Waals surface area contributed by atoms with E-state index in [0.717, 1.165) is 30.8 Å². The third-order valence-electron chi connectivity index (χ3n) is 4.28. The van der Waals surface area contributed by atoms with E-state index in [9.17, 15) is 5.11 Å². The van der Waals surface area contributed by atoms with Crippen LogP contribution in [0.15, 0.2) is 24.3 Å². The van der Waals surface area contributed by atoms with E-state index in [-0.39, 0.29) is 6.10 Å². The van der Waals surface area contributed by atoms with Gasteiger partial charge in [0.05, 0.1) is 18.8 Å². The zero-order valence-corrected chi connectivity index (χ0v) is 13.3. The van der Waals surface area contributed by atoms with E-state index >= 15 is 0 Å². The summed E-state index contributed by atoms with van der Waals surface area (Å²) in [5.74, 6) is 1.44. The zero-order valence-electron chi connectivity index (χ0n) is 13.3. The standard InChI is InChI=1S/C17H27NO3/c1-4-21-15-7-5-14(6-8-15)16(19)11-18-10-9-13(2)17(12-18)20-3/h5-8,13,16-17,19H,4,9-12H2,1-3H3. The molecule has 1 aliphatic heterocycles. The van der Waals surface area contributed by atoms with Gasteiger partial charge in [-0.15, -0.1) is 0 Å². The Morgan fingerprint density at radius 3 is 2.67 bits per heavy atom. The zero-order chi connectivity index (χ0) is 15.2. The molecule has 1 aromatic rings. The summed E-state index contributed by atoms with van der Waals surface area (Å²) in [4.78, 5) is 2.29. The molecule has 0 saturated carbocycles. The lowest BCUT2D eigenvalue weighted by Crippen LogP contribution is -2.45. The molecule has 0 bridgehead atoms. The van der Waals surface area contributed by atoms with Gasteiger partial charge in [0.1, 0.15) is 5.75 Å². The highest BCUT2D eigenvalue weighted by molar-refractivity contribution is 5.28. The Hall–Kier alpha value is -1.10. The number of aliphatic hydroxyl groups is 1. The van der Waals surface area contributed by atoms with Crippen LogP contribution in [0.3, 0.4) is 0 Å². The number of ether oxygens (including phenoxy) is 2. The van der Waals surface area contributed by atoms with Crippen LogP contribution in [0.1, 0.15) is 31.9 Å². The van der Waals surface area contributed by atoms with Gasteiger partial charge >= 0.3 is 0 Å². The van der Waals surface area contributed by atoms with Crippen LogP contribution in [-0.2, 0) is 4.74 Å². The molecule has 0 aromatic heterocycles. The van der Waals surface area contributed by atoms with Crippen LogP contribution in [0, 0.1) is 5.92 Å². The van der Waals surface area contributed by atoms with Gasteiger partial charge in [0.2, 0.25) is 0 Å². The molecule has 1 heterocycles. The van der Waals surface area contributed by atoms with Gasteiger partial charge < -0.3 is 14.6 Å². The van der Waals surface area contributed by atoms with Crippen molar-refractivity contribution in [1.29, 1.82) is 0 Å². The second-order valence-corrected chi connectivity index (χ2v) is 5.82. The van der Waals surface area contributed by atoms with Gasteiger partial charge in [0.25, 0.3) is 0 Å². The van der Waals surface area contributed by atoms with Crippen LogP contribution in [0.4, 0.5) is 0 Å². The van der Waals surface area contributed by atoms with Gasteiger partial charge in [-0.3, -0.25) is 4.90 Å². The first kappa shape index (κ1) is 16.3. The monoisotopic (exact) mass is 293 g/mol. The minimum atomic E-state index is -0.466.